The molecule has 0 radical (unpaired) electrons. The van der Waals surface area contributed by atoms with Crippen LogP contribution < -0.4 is 10.2 Å². The minimum Gasteiger partial charge on any atom is -0.361 e. The summed E-state index contributed by atoms with van der Waals surface area (Å²) in [5.41, 5.74) is 1.24. The second kappa shape index (κ2) is 7.18. The van der Waals surface area contributed by atoms with E-state index in [1.807, 2.05) is 13.8 Å². The molecule has 0 saturated heterocycles. The Labute approximate surface area is 122 Å². The predicted octanol–water partition coefficient (Wildman–Crippen LogP) is 4.23. The highest BCUT2D eigenvalue weighted by atomic mass is 35.5. The summed E-state index contributed by atoms with van der Waals surface area (Å²) in [5.74, 6) is 0. The van der Waals surface area contributed by atoms with Gasteiger partial charge in [-0.2, -0.15) is 13.2 Å². The van der Waals surface area contributed by atoms with Crippen molar-refractivity contribution in [1.29, 1.82) is 0 Å². The summed E-state index contributed by atoms with van der Waals surface area (Å²) in [6.45, 7) is 5.39. The van der Waals surface area contributed by atoms with Crippen LogP contribution in [0.5, 0.6) is 0 Å². The minimum absolute atomic E-state index is 0.248. The lowest BCUT2D eigenvalue weighted by Gasteiger charge is -2.28. The minimum atomic E-state index is -4.25. The molecule has 0 aliphatic heterocycles. The summed E-state index contributed by atoms with van der Waals surface area (Å²) in [5, 5.41) is 3.55. The van der Waals surface area contributed by atoms with E-state index in [0.29, 0.717) is 17.3 Å². The lowest BCUT2D eigenvalue weighted by molar-refractivity contribution is -0.119. The first-order valence-corrected chi connectivity index (χ1v) is 6.95. The first-order valence-electron chi connectivity index (χ1n) is 6.57. The second-order valence-corrected chi connectivity index (χ2v) is 5.32. The van der Waals surface area contributed by atoms with Gasteiger partial charge in [-0.1, -0.05) is 37.6 Å². The first-order chi connectivity index (χ1) is 9.24. The number of nitrogens with zero attached hydrogens (tertiary/aromatic N) is 1. The van der Waals surface area contributed by atoms with E-state index in [-0.39, 0.29) is 12.6 Å². The molecule has 114 valence electrons. The summed E-state index contributed by atoms with van der Waals surface area (Å²) >= 11 is 6.11. The van der Waals surface area contributed by atoms with Gasteiger partial charge in [0.05, 0.1) is 10.7 Å². The van der Waals surface area contributed by atoms with Crippen LogP contribution in [0.3, 0.4) is 0 Å². The summed E-state index contributed by atoms with van der Waals surface area (Å²) in [7, 11) is 0. The molecule has 0 spiro atoms. The largest absolute Gasteiger partial charge is 0.405 e. The quantitative estimate of drug-likeness (QED) is 0.846. The Balaban J connectivity index is 3.06. The first kappa shape index (κ1) is 17.1. The lowest BCUT2D eigenvalue weighted by Crippen LogP contribution is -2.35. The number of hydrogen-bond acceptors (Lipinski definition) is 2. The van der Waals surface area contributed by atoms with E-state index in [1.54, 1.807) is 25.1 Å². The fourth-order valence-corrected chi connectivity index (χ4v) is 2.25. The smallest absolute Gasteiger partial charge is 0.361 e. The summed E-state index contributed by atoms with van der Waals surface area (Å²) in [6.07, 6.45) is -4.25. The van der Waals surface area contributed by atoms with Crippen molar-refractivity contribution in [3.63, 3.8) is 0 Å². The second-order valence-electron chi connectivity index (χ2n) is 4.91. The normalized spacial score (nSPS) is 12.0. The number of para-hydroxylation sites is 1. The summed E-state index contributed by atoms with van der Waals surface area (Å²) in [6, 6.07) is 5.43. The van der Waals surface area contributed by atoms with Crippen LogP contribution in [0, 0.1) is 0 Å². The van der Waals surface area contributed by atoms with E-state index in [1.165, 1.54) is 4.90 Å². The number of anilines is 1. The standard InChI is InChI=1S/C14H20ClF3N2/c1-4-20(9-14(16,17)18)13-11(8-19-10(2)3)6-5-7-12(13)15/h5-7,10,19H,4,8-9H2,1-3H3. The van der Waals surface area contributed by atoms with E-state index >= 15 is 0 Å². The molecule has 0 unspecified atom stereocenters. The van der Waals surface area contributed by atoms with Crippen molar-refractivity contribution in [3.05, 3.63) is 28.8 Å². The fraction of sp³-hybridized carbons (Fsp3) is 0.571. The molecule has 0 fully saturated rings. The van der Waals surface area contributed by atoms with Crippen LogP contribution in [0.4, 0.5) is 18.9 Å². The predicted molar refractivity (Wildman–Crippen MR) is 77.4 cm³/mol. The fourth-order valence-electron chi connectivity index (χ4n) is 1.94. The molecule has 1 aromatic carbocycles. The van der Waals surface area contributed by atoms with Crippen LogP contribution in [-0.2, 0) is 6.54 Å². The molecule has 0 heterocycles. The molecule has 0 atom stereocenters. The van der Waals surface area contributed by atoms with E-state index in [0.717, 1.165) is 5.56 Å². The third-order valence-electron chi connectivity index (χ3n) is 2.84. The molecule has 1 rings (SSSR count). The van der Waals surface area contributed by atoms with Gasteiger partial charge in [0.15, 0.2) is 0 Å². The van der Waals surface area contributed by atoms with Crippen LogP contribution in [0.1, 0.15) is 26.3 Å². The van der Waals surface area contributed by atoms with Crippen LogP contribution >= 0.6 is 11.6 Å². The molecular formula is C14H20ClF3N2. The Morgan fingerprint density at radius 3 is 2.45 bits per heavy atom. The van der Waals surface area contributed by atoms with Crippen molar-refractivity contribution in [2.45, 2.75) is 39.5 Å². The monoisotopic (exact) mass is 308 g/mol. The Morgan fingerprint density at radius 2 is 1.95 bits per heavy atom. The van der Waals surface area contributed by atoms with Gasteiger partial charge in [0.25, 0.3) is 0 Å². The van der Waals surface area contributed by atoms with Crippen LogP contribution in [0.15, 0.2) is 18.2 Å². The number of alkyl halides is 3. The molecule has 0 aliphatic carbocycles. The van der Waals surface area contributed by atoms with Gasteiger partial charge in [-0.25, -0.2) is 0 Å². The van der Waals surface area contributed by atoms with Crippen molar-refractivity contribution in [2.75, 3.05) is 18.0 Å². The maximum Gasteiger partial charge on any atom is 0.405 e. The van der Waals surface area contributed by atoms with Gasteiger partial charge < -0.3 is 10.2 Å². The van der Waals surface area contributed by atoms with Gasteiger partial charge in [-0.05, 0) is 18.6 Å². The van der Waals surface area contributed by atoms with Gasteiger partial charge in [0.2, 0.25) is 0 Å². The number of halogens is 4. The Hall–Kier alpha value is -0.940. The average molecular weight is 309 g/mol. The number of rotatable bonds is 6. The Kier molecular flexibility index (Phi) is 6.14. The van der Waals surface area contributed by atoms with Crippen molar-refractivity contribution in [3.8, 4) is 0 Å². The Morgan fingerprint density at radius 1 is 1.30 bits per heavy atom. The molecule has 1 N–H and O–H groups in total. The van der Waals surface area contributed by atoms with Crippen LogP contribution in [0.25, 0.3) is 0 Å². The molecule has 0 aromatic heterocycles. The van der Waals surface area contributed by atoms with Gasteiger partial charge >= 0.3 is 6.18 Å². The van der Waals surface area contributed by atoms with E-state index in [9.17, 15) is 13.2 Å². The van der Waals surface area contributed by atoms with E-state index < -0.39 is 12.7 Å². The third kappa shape index (κ3) is 5.21. The Bertz CT molecular complexity index is 433. The molecule has 0 amide bonds. The highest BCUT2D eigenvalue weighted by Gasteiger charge is 2.31. The zero-order valence-electron chi connectivity index (χ0n) is 11.9. The highest BCUT2D eigenvalue weighted by molar-refractivity contribution is 6.33. The van der Waals surface area contributed by atoms with Crippen molar-refractivity contribution in [1.82, 2.24) is 5.32 Å². The maximum atomic E-state index is 12.7. The molecular weight excluding hydrogens is 289 g/mol. The molecule has 1 aromatic rings. The van der Waals surface area contributed by atoms with E-state index in [4.69, 9.17) is 11.6 Å². The van der Waals surface area contributed by atoms with E-state index in [2.05, 4.69) is 5.32 Å². The molecule has 2 nitrogen and oxygen atoms in total. The topological polar surface area (TPSA) is 15.3 Å². The lowest BCUT2D eigenvalue weighted by atomic mass is 10.1. The SMILES string of the molecule is CCN(CC(F)(F)F)c1c(Cl)cccc1CNC(C)C. The third-order valence-corrected chi connectivity index (χ3v) is 3.14. The number of benzene rings is 1. The molecule has 0 bridgehead atoms. The summed E-state index contributed by atoms with van der Waals surface area (Å²) < 4.78 is 38.0. The van der Waals surface area contributed by atoms with Crippen LogP contribution in [0.2, 0.25) is 5.02 Å². The molecule has 20 heavy (non-hydrogen) atoms. The average Bonchev–Trinajstić information content (AvgIpc) is 2.32. The van der Waals surface area contributed by atoms with Gasteiger partial charge in [-0.15, -0.1) is 0 Å². The van der Waals surface area contributed by atoms with Gasteiger partial charge in [0, 0.05) is 19.1 Å². The van der Waals surface area contributed by atoms with Crippen LogP contribution in [-0.4, -0.2) is 25.3 Å². The summed E-state index contributed by atoms with van der Waals surface area (Å²) in [4.78, 5) is 1.26. The molecule has 0 saturated carbocycles. The van der Waals surface area contributed by atoms with Crippen molar-refractivity contribution in [2.24, 2.45) is 0 Å². The number of nitrogens with one attached hydrogen (secondary N) is 1. The maximum absolute atomic E-state index is 12.7. The zero-order chi connectivity index (χ0) is 15.3. The number of hydrogen-bond donors (Lipinski definition) is 1. The molecule has 0 aliphatic rings. The zero-order valence-corrected chi connectivity index (χ0v) is 12.6. The molecule has 6 heteroatoms. The van der Waals surface area contributed by atoms with Crippen molar-refractivity contribution < 1.29 is 13.2 Å². The van der Waals surface area contributed by atoms with Gasteiger partial charge in [-0.3, -0.25) is 0 Å². The highest BCUT2D eigenvalue weighted by Crippen LogP contribution is 2.32. The van der Waals surface area contributed by atoms with Gasteiger partial charge in [0.1, 0.15) is 6.54 Å². The van der Waals surface area contributed by atoms with Crippen molar-refractivity contribution >= 4 is 17.3 Å².